The molecule has 0 radical (unpaired) electrons. The Kier molecular flexibility index (Phi) is 4.94. The van der Waals surface area contributed by atoms with Crippen molar-refractivity contribution < 1.29 is 17.9 Å². The van der Waals surface area contributed by atoms with Gasteiger partial charge < -0.3 is 10.5 Å². The lowest BCUT2D eigenvalue weighted by molar-refractivity contribution is -0.146. The third-order valence-corrected chi connectivity index (χ3v) is 5.41. The number of hydrogen-bond donors (Lipinski definition) is 1. The predicted molar refractivity (Wildman–Crippen MR) is 65.2 cm³/mol. The van der Waals surface area contributed by atoms with Gasteiger partial charge in [-0.3, -0.25) is 4.79 Å². The summed E-state index contributed by atoms with van der Waals surface area (Å²) in [7, 11) is -1.83. The highest BCUT2D eigenvalue weighted by atomic mass is 32.2. The zero-order chi connectivity index (χ0) is 13.1. The summed E-state index contributed by atoms with van der Waals surface area (Å²) in [5.74, 6) is -1.04. The first-order valence-corrected chi connectivity index (χ1v) is 7.69. The molecule has 2 atom stereocenters. The number of carbonyl (C=O) groups is 1. The minimum absolute atomic E-state index is 0.114. The summed E-state index contributed by atoms with van der Waals surface area (Å²) in [4.78, 5) is 11.5. The van der Waals surface area contributed by atoms with E-state index in [2.05, 4.69) is 4.74 Å². The second-order valence-electron chi connectivity index (χ2n) is 4.61. The van der Waals surface area contributed by atoms with Crippen LogP contribution in [-0.4, -0.2) is 38.5 Å². The first-order chi connectivity index (χ1) is 7.92. The lowest BCUT2D eigenvalue weighted by atomic mass is 9.97. The average molecular weight is 263 g/mol. The molecule has 0 heterocycles. The van der Waals surface area contributed by atoms with Crippen LogP contribution in [0.5, 0.6) is 0 Å². The van der Waals surface area contributed by atoms with Gasteiger partial charge in [0, 0.05) is 6.04 Å². The maximum absolute atomic E-state index is 11.8. The Balaban J connectivity index is 2.64. The van der Waals surface area contributed by atoms with Crippen molar-refractivity contribution in [3.05, 3.63) is 0 Å². The fourth-order valence-corrected chi connectivity index (χ4v) is 3.81. The lowest BCUT2D eigenvalue weighted by Gasteiger charge is -2.21. The van der Waals surface area contributed by atoms with Crippen LogP contribution in [0.2, 0.25) is 0 Å². The average Bonchev–Trinajstić information content (AvgIpc) is 3.07. The van der Waals surface area contributed by atoms with Crippen molar-refractivity contribution in [3.63, 3.8) is 0 Å². The van der Waals surface area contributed by atoms with E-state index >= 15 is 0 Å². The normalized spacial score (nSPS) is 19.7. The van der Waals surface area contributed by atoms with Crippen molar-refractivity contribution in [1.29, 1.82) is 0 Å². The van der Waals surface area contributed by atoms with E-state index in [1.165, 1.54) is 7.11 Å². The molecule has 0 aromatic heterocycles. The van der Waals surface area contributed by atoms with Crippen LogP contribution in [0, 0.1) is 5.92 Å². The van der Waals surface area contributed by atoms with Crippen LogP contribution < -0.4 is 5.73 Å². The van der Waals surface area contributed by atoms with Gasteiger partial charge in [-0.2, -0.15) is 0 Å². The molecule has 0 bridgehead atoms. The van der Waals surface area contributed by atoms with Gasteiger partial charge in [-0.25, -0.2) is 8.42 Å². The molecule has 5 nitrogen and oxygen atoms in total. The third-order valence-electron chi connectivity index (χ3n) is 3.08. The van der Waals surface area contributed by atoms with Gasteiger partial charge in [0.15, 0.2) is 9.84 Å². The highest BCUT2D eigenvalue weighted by Gasteiger charge is 2.39. The van der Waals surface area contributed by atoms with Crippen molar-refractivity contribution in [2.24, 2.45) is 11.7 Å². The van der Waals surface area contributed by atoms with Gasteiger partial charge in [-0.1, -0.05) is 13.3 Å². The van der Waals surface area contributed by atoms with Crippen molar-refractivity contribution in [3.8, 4) is 0 Å². The van der Waals surface area contributed by atoms with Crippen LogP contribution in [0.15, 0.2) is 0 Å². The zero-order valence-electron chi connectivity index (χ0n) is 10.4. The monoisotopic (exact) mass is 263 g/mol. The molecule has 1 aliphatic carbocycles. The van der Waals surface area contributed by atoms with E-state index in [9.17, 15) is 13.2 Å². The van der Waals surface area contributed by atoms with Gasteiger partial charge in [-0.05, 0) is 19.3 Å². The summed E-state index contributed by atoms with van der Waals surface area (Å²) < 4.78 is 28.2. The quantitative estimate of drug-likeness (QED) is 0.675. The second-order valence-corrected chi connectivity index (χ2v) is 6.94. The molecule has 0 aliphatic heterocycles. The molecule has 0 aromatic carbocycles. The van der Waals surface area contributed by atoms with Crippen molar-refractivity contribution in [2.45, 2.75) is 43.9 Å². The first kappa shape index (κ1) is 14.4. The smallest absolute Gasteiger partial charge is 0.310 e. The minimum Gasteiger partial charge on any atom is -0.469 e. The molecular formula is C11H21NO4S. The number of methoxy groups -OCH3 is 1. The third kappa shape index (κ3) is 3.96. The summed E-state index contributed by atoms with van der Waals surface area (Å²) in [6, 6.07) is -0.659. The number of nitrogens with two attached hydrogens (primary N) is 1. The van der Waals surface area contributed by atoms with E-state index in [0.29, 0.717) is 6.42 Å². The van der Waals surface area contributed by atoms with Crippen LogP contribution in [0.3, 0.4) is 0 Å². The lowest BCUT2D eigenvalue weighted by Crippen LogP contribution is -2.42. The molecular weight excluding hydrogens is 242 g/mol. The van der Waals surface area contributed by atoms with Gasteiger partial charge in [0.1, 0.15) is 0 Å². The molecule has 0 aromatic rings. The van der Waals surface area contributed by atoms with Gasteiger partial charge in [0.05, 0.1) is 24.0 Å². The fourth-order valence-electron chi connectivity index (χ4n) is 1.92. The van der Waals surface area contributed by atoms with Gasteiger partial charge in [0.2, 0.25) is 0 Å². The highest BCUT2D eigenvalue weighted by molar-refractivity contribution is 7.92. The Morgan fingerprint density at radius 2 is 2.06 bits per heavy atom. The predicted octanol–water partition coefficient (Wildman–Crippen LogP) is 0.480. The molecule has 0 saturated heterocycles. The van der Waals surface area contributed by atoms with Crippen molar-refractivity contribution in [1.82, 2.24) is 0 Å². The number of ether oxygens (including phenoxy) is 1. The van der Waals surface area contributed by atoms with Crippen molar-refractivity contribution in [2.75, 3.05) is 12.9 Å². The Labute approximate surface area is 103 Å². The maximum Gasteiger partial charge on any atom is 0.310 e. The van der Waals surface area contributed by atoms with Crippen molar-refractivity contribution >= 4 is 15.8 Å². The standard InChI is InChI=1S/C11H21NO4S/c1-3-4-9(11(13)16-2)10(12)7-17(14,15)8-5-6-8/h8-10H,3-7,12H2,1-2H3. The number of carbonyl (C=O) groups excluding carboxylic acids is 1. The van der Waals surface area contributed by atoms with E-state index in [-0.39, 0.29) is 11.0 Å². The number of esters is 1. The summed E-state index contributed by atoms with van der Waals surface area (Å²) in [6.45, 7) is 1.93. The van der Waals surface area contributed by atoms with Crippen LogP contribution >= 0.6 is 0 Å². The van der Waals surface area contributed by atoms with Gasteiger partial charge in [-0.15, -0.1) is 0 Å². The van der Waals surface area contributed by atoms with E-state index in [0.717, 1.165) is 19.3 Å². The summed E-state index contributed by atoms with van der Waals surface area (Å²) in [6.07, 6.45) is 2.79. The SMILES string of the molecule is CCCC(C(=O)OC)C(N)CS(=O)(=O)C1CC1. The molecule has 1 fully saturated rings. The van der Waals surface area contributed by atoms with Crippen LogP contribution in [0.25, 0.3) is 0 Å². The molecule has 1 saturated carbocycles. The molecule has 17 heavy (non-hydrogen) atoms. The van der Waals surface area contributed by atoms with E-state index < -0.39 is 27.8 Å². The molecule has 100 valence electrons. The molecule has 2 unspecified atom stereocenters. The fraction of sp³-hybridized carbons (Fsp3) is 0.909. The zero-order valence-corrected chi connectivity index (χ0v) is 11.2. The Morgan fingerprint density at radius 3 is 2.47 bits per heavy atom. The van der Waals surface area contributed by atoms with Crippen LogP contribution in [0.1, 0.15) is 32.6 Å². The maximum atomic E-state index is 11.8. The summed E-state index contributed by atoms with van der Waals surface area (Å²) in [5.41, 5.74) is 5.85. The molecule has 0 spiro atoms. The number of rotatable bonds is 7. The van der Waals surface area contributed by atoms with Gasteiger partial charge in [0.25, 0.3) is 0 Å². The number of sulfone groups is 1. The van der Waals surface area contributed by atoms with Crippen LogP contribution in [-0.2, 0) is 19.4 Å². The highest BCUT2D eigenvalue weighted by Crippen LogP contribution is 2.30. The Morgan fingerprint density at radius 1 is 1.47 bits per heavy atom. The molecule has 6 heteroatoms. The molecule has 1 rings (SSSR count). The summed E-state index contributed by atoms with van der Waals surface area (Å²) >= 11 is 0. The largest absolute Gasteiger partial charge is 0.469 e. The Bertz CT molecular complexity index is 362. The van der Waals surface area contributed by atoms with Gasteiger partial charge >= 0.3 is 5.97 Å². The molecule has 2 N–H and O–H groups in total. The minimum atomic E-state index is -3.12. The van der Waals surface area contributed by atoms with E-state index in [1.54, 1.807) is 0 Å². The molecule has 0 amide bonds. The van der Waals surface area contributed by atoms with E-state index in [1.807, 2.05) is 6.92 Å². The Hall–Kier alpha value is -0.620. The molecule has 1 aliphatic rings. The van der Waals surface area contributed by atoms with Crippen LogP contribution in [0.4, 0.5) is 0 Å². The topological polar surface area (TPSA) is 86.5 Å². The first-order valence-electron chi connectivity index (χ1n) is 5.97. The van der Waals surface area contributed by atoms with E-state index in [4.69, 9.17) is 5.73 Å². The number of hydrogen-bond acceptors (Lipinski definition) is 5. The second kappa shape index (κ2) is 5.82. The summed E-state index contributed by atoms with van der Waals surface area (Å²) in [5, 5.41) is -0.228.